The largest absolute Gasteiger partial charge is 0.484 e. The van der Waals surface area contributed by atoms with E-state index in [1.807, 2.05) is 30.3 Å². The number of fused-ring (bicyclic) bond motifs is 1. The lowest BCUT2D eigenvalue weighted by molar-refractivity contribution is -0.219. The van der Waals surface area contributed by atoms with Crippen molar-refractivity contribution in [2.75, 3.05) is 14.2 Å². The summed E-state index contributed by atoms with van der Waals surface area (Å²) >= 11 is 0. The van der Waals surface area contributed by atoms with Gasteiger partial charge in [-0.25, -0.2) is 0 Å². The van der Waals surface area contributed by atoms with Gasteiger partial charge in [0.15, 0.2) is 5.78 Å². The molecule has 2 aromatic rings. The second-order valence-electron chi connectivity index (χ2n) is 5.18. The van der Waals surface area contributed by atoms with Crippen LogP contribution in [0, 0.1) is 0 Å². The van der Waals surface area contributed by atoms with Gasteiger partial charge in [0, 0.05) is 14.2 Å². The van der Waals surface area contributed by atoms with Gasteiger partial charge >= 0.3 is 6.48 Å². The van der Waals surface area contributed by atoms with E-state index in [1.54, 1.807) is 18.2 Å². The molecule has 120 valence electrons. The summed E-state index contributed by atoms with van der Waals surface area (Å²) in [7, 11) is 3.00. The van der Waals surface area contributed by atoms with Gasteiger partial charge in [0.1, 0.15) is 17.6 Å². The Hall–Kier alpha value is -2.37. The van der Waals surface area contributed by atoms with E-state index in [2.05, 4.69) is 0 Å². The quantitative estimate of drug-likeness (QED) is 0.792. The summed E-state index contributed by atoms with van der Waals surface area (Å²) in [6, 6.07) is 14.7. The number of hydrogen-bond acceptors (Lipinski definition) is 5. The number of carbonyl (C=O) groups excluding carboxylic acids is 1. The Morgan fingerprint density at radius 3 is 2.43 bits per heavy atom. The van der Waals surface area contributed by atoms with Crippen molar-refractivity contribution in [1.29, 1.82) is 0 Å². The standard InChI is InChI=1S/C18H18O5/c1-20-18(21-2)22-13-9-7-12(8-10-13)17-11-15(19)14-5-3-4-6-16(14)23-17/h3-10,17-18H,11H2,1-2H3. The predicted molar refractivity (Wildman–Crippen MR) is 83.6 cm³/mol. The molecule has 2 aromatic carbocycles. The first-order valence-electron chi connectivity index (χ1n) is 7.32. The van der Waals surface area contributed by atoms with Gasteiger partial charge < -0.3 is 18.9 Å². The van der Waals surface area contributed by atoms with Gasteiger partial charge in [-0.15, -0.1) is 0 Å². The van der Waals surface area contributed by atoms with E-state index in [4.69, 9.17) is 18.9 Å². The van der Waals surface area contributed by atoms with E-state index < -0.39 is 6.48 Å². The van der Waals surface area contributed by atoms with Crippen LogP contribution >= 0.6 is 0 Å². The van der Waals surface area contributed by atoms with Crippen LogP contribution < -0.4 is 9.47 Å². The van der Waals surface area contributed by atoms with Crippen LogP contribution in [0.1, 0.15) is 28.4 Å². The highest BCUT2D eigenvalue weighted by atomic mass is 16.8. The highest BCUT2D eigenvalue weighted by Gasteiger charge is 2.27. The fourth-order valence-electron chi connectivity index (χ4n) is 2.52. The molecule has 0 saturated heterocycles. The average molecular weight is 314 g/mol. The minimum atomic E-state index is -0.750. The molecule has 1 aliphatic heterocycles. The zero-order valence-corrected chi connectivity index (χ0v) is 13.0. The molecule has 23 heavy (non-hydrogen) atoms. The van der Waals surface area contributed by atoms with Crippen LogP contribution in [0.5, 0.6) is 11.5 Å². The number of hydrogen-bond donors (Lipinski definition) is 0. The molecule has 0 amide bonds. The van der Waals surface area contributed by atoms with Gasteiger partial charge in [-0.1, -0.05) is 24.3 Å². The molecule has 1 unspecified atom stereocenters. The van der Waals surface area contributed by atoms with Gasteiger partial charge in [0.2, 0.25) is 0 Å². The molecule has 0 aromatic heterocycles. The van der Waals surface area contributed by atoms with Crippen molar-refractivity contribution in [1.82, 2.24) is 0 Å². The summed E-state index contributed by atoms with van der Waals surface area (Å²) in [6.07, 6.45) is 0.0443. The zero-order valence-electron chi connectivity index (χ0n) is 13.0. The molecule has 0 radical (unpaired) electrons. The molecule has 1 aliphatic rings. The third-order valence-electron chi connectivity index (χ3n) is 3.70. The minimum Gasteiger partial charge on any atom is -0.484 e. The molecule has 5 nitrogen and oxygen atoms in total. The van der Waals surface area contributed by atoms with E-state index in [0.717, 1.165) is 5.56 Å². The maximum absolute atomic E-state index is 12.2. The highest BCUT2D eigenvalue weighted by Crippen LogP contribution is 2.35. The number of ketones is 1. The number of methoxy groups -OCH3 is 2. The number of Topliss-reactive ketones (excluding diaryl/α,β-unsaturated/α-hetero) is 1. The number of para-hydroxylation sites is 1. The second kappa shape index (κ2) is 6.81. The molecule has 0 saturated carbocycles. The Kier molecular flexibility index (Phi) is 4.60. The molecule has 1 atom stereocenters. The lowest BCUT2D eigenvalue weighted by atomic mass is 9.96. The van der Waals surface area contributed by atoms with Crippen LogP contribution in [-0.2, 0) is 9.47 Å². The van der Waals surface area contributed by atoms with Crippen LogP contribution in [0.4, 0.5) is 0 Å². The molecular weight excluding hydrogens is 296 g/mol. The summed E-state index contributed by atoms with van der Waals surface area (Å²) in [5.41, 5.74) is 1.57. The molecule has 0 bridgehead atoms. The number of ether oxygens (including phenoxy) is 4. The minimum absolute atomic E-state index is 0.0935. The first-order valence-corrected chi connectivity index (χ1v) is 7.32. The summed E-state index contributed by atoms with van der Waals surface area (Å²) in [6.45, 7) is -0.750. The third-order valence-corrected chi connectivity index (χ3v) is 3.70. The van der Waals surface area contributed by atoms with Crippen molar-refractivity contribution in [3.8, 4) is 11.5 Å². The van der Waals surface area contributed by atoms with Crippen LogP contribution in [0.3, 0.4) is 0 Å². The van der Waals surface area contributed by atoms with Crippen molar-refractivity contribution < 1.29 is 23.7 Å². The second-order valence-corrected chi connectivity index (χ2v) is 5.18. The van der Waals surface area contributed by atoms with E-state index >= 15 is 0 Å². The number of benzene rings is 2. The van der Waals surface area contributed by atoms with Crippen molar-refractivity contribution in [2.45, 2.75) is 19.0 Å². The summed E-state index contributed by atoms with van der Waals surface area (Å²) < 4.78 is 21.4. The van der Waals surface area contributed by atoms with Gasteiger partial charge in [-0.05, 0) is 29.8 Å². The normalized spacial score (nSPS) is 16.8. The SMILES string of the molecule is COC(OC)Oc1ccc(C2CC(=O)c3ccccc3O2)cc1. The molecule has 0 N–H and O–H groups in total. The molecule has 0 fully saturated rings. The van der Waals surface area contributed by atoms with Gasteiger partial charge in [0.05, 0.1) is 12.0 Å². The molecule has 3 rings (SSSR count). The molecule has 0 spiro atoms. The molecule has 0 aliphatic carbocycles. The third kappa shape index (κ3) is 3.36. The number of rotatable bonds is 5. The van der Waals surface area contributed by atoms with Crippen LogP contribution in [0.2, 0.25) is 0 Å². The van der Waals surface area contributed by atoms with Crippen molar-refractivity contribution in [2.24, 2.45) is 0 Å². The van der Waals surface area contributed by atoms with E-state index in [0.29, 0.717) is 23.5 Å². The Labute approximate surface area is 134 Å². The van der Waals surface area contributed by atoms with Crippen molar-refractivity contribution in [3.05, 3.63) is 59.7 Å². The summed E-state index contributed by atoms with van der Waals surface area (Å²) in [5, 5.41) is 0. The fourth-order valence-corrected chi connectivity index (χ4v) is 2.52. The van der Waals surface area contributed by atoms with Gasteiger partial charge in [-0.3, -0.25) is 4.79 Å². The Morgan fingerprint density at radius 2 is 1.74 bits per heavy atom. The van der Waals surface area contributed by atoms with Gasteiger partial charge in [0.25, 0.3) is 0 Å². The van der Waals surface area contributed by atoms with Crippen molar-refractivity contribution >= 4 is 5.78 Å². The van der Waals surface area contributed by atoms with Crippen LogP contribution in [-0.4, -0.2) is 26.5 Å². The molecule has 1 heterocycles. The van der Waals surface area contributed by atoms with E-state index in [-0.39, 0.29) is 11.9 Å². The fraction of sp³-hybridized carbons (Fsp3) is 0.278. The first-order chi connectivity index (χ1) is 11.2. The lowest BCUT2D eigenvalue weighted by Crippen LogP contribution is -2.21. The predicted octanol–water partition coefficient (Wildman–Crippen LogP) is 3.35. The Morgan fingerprint density at radius 1 is 1.04 bits per heavy atom. The van der Waals surface area contributed by atoms with Crippen molar-refractivity contribution in [3.63, 3.8) is 0 Å². The smallest absolute Gasteiger partial charge is 0.315 e. The van der Waals surface area contributed by atoms with Crippen LogP contribution in [0.25, 0.3) is 0 Å². The first kappa shape index (κ1) is 15.5. The Balaban J connectivity index is 1.75. The highest BCUT2D eigenvalue weighted by molar-refractivity contribution is 5.99. The molecule has 5 heteroatoms. The Bertz CT molecular complexity index is 676. The van der Waals surface area contributed by atoms with E-state index in [9.17, 15) is 4.79 Å². The van der Waals surface area contributed by atoms with Gasteiger partial charge in [-0.2, -0.15) is 0 Å². The topological polar surface area (TPSA) is 54.0 Å². The lowest BCUT2D eigenvalue weighted by Gasteiger charge is -2.25. The van der Waals surface area contributed by atoms with E-state index in [1.165, 1.54) is 14.2 Å². The number of carbonyl (C=O) groups is 1. The monoisotopic (exact) mass is 314 g/mol. The summed E-state index contributed by atoms with van der Waals surface area (Å²) in [5.74, 6) is 1.34. The summed E-state index contributed by atoms with van der Waals surface area (Å²) in [4.78, 5) is 12.2. The maximum atomic E-state index is 12.2. The molecular formula is C18H18O5. The zero-order chi connectivity index (χ0) is 16.2. The average Bonchev–Trinajstić information content (AvgIpc) is 2.60. The maximum Gasteiger partial charge on any atom is 0.315 e. The van der Waals surface area contributed by atoms with Crippen LogP contribution in [0.15, 0.2) is 48.5 Å².